The molecule has 1 nitrogen and oxygen atoms in total. The van der Waals surface area contributed by atoms with Gasteiger partial charge in [0, 0.05) is 0 Å². The highest BCUT2D eigenvalue weighted by molar-refractivity contribution is 5.68. The Balaban J connectivity index is 1.72. The summed E-state index contributed by atoms with van der Waals surface area (Å²) in [4.78, 5) is 0. The summed E-state index contributed by atoms with van der Waals surface area (Å²) in [5.41, 5.74) is -0.284. The third kappa shape index (κ3) is 4.24. The van der Waals surface area contributed by atoms with E-state index < -0.39 is 46.5 Å². The standard InChI is InChI=1S/C24H21F7O/c1-2-3-12-4-6-15-13(8-12)5-7-16-17(15)11-18(25)21(22(16)28)14-9-19(26)23(20(27)10-14)32-24(29,30)31/h2-3,9-13,15H,4-8H2,1H3/b3-2+/t12-,13-,15+/m1/s1. The lowest BCUT2D eigenvalue weighted by molar-refractivity contribution is -0.276. The number of alkyl halides is 3. The van der Waals surface area contributed by atoms with Crippen molar-refractivity contribution in [3.05, 3.63) is 64.7 Å². The van der Waals surface area contributed by atoms with E-state index in [9.17, 15) is 22.0 Å². The van der Waals surface area contributed by atoms with E-state index in [2.05, 4.69) is 10.8 Å². The van der Waals surface area contributed by atoms with Crippen molar-refractivity contribution >= 4 is 0 Å². The summed E-state index contributed by atoms with van der Waals surface area (Å²) in [6.07, 6.45) is 2.57. The Morgan fingerprint density at radius 1 is 0.938 bits per heavy atom. The second kappa shape index (κ2) is 8.45. The summed E-state index contributed by atoms with van der Waals surface area (Å²) in [7, 11) is 0. The molecule has 0 spiro atoms. The van der Waals surface area contributed by atoms with Gasteiger partial charge in [-0.1, -0.05) is 12.2 Å². The molecule has 0 bridgehead atoms. The molecule has 172 valence electrons. The molecule has 0 N–H and O–H groups in total. The molecule has 1 fully saturated rings. The quantitative estimate of drug-likeness (QED) is 0.336. The van der Waals surface area contributed by atoms with Crippen LogP contribution in [0.3, 0.4) is 0 Å². The van der Waals surface area contributed by atoms with Crippen molar-refractivity contribution in [1.82, 2.24) is 0 Å². The number of allylic oxidation sites excluding steroid dienone is 2. The van der Waals surface area contributed by atoms with Gasteiger partial charge in [-0.15, -0.1) is 13.2 Å². The highest BCUT2D eigenvalue weighted by atomic mass is 19.4. The van der Waals surface area contributed by atoms with Crippen molar-refractivity contribution in [1.29, 1.82) is 0 Å². The second-order valence-electron chi connectivity index (χ2n) is 8.44. The average Bonchev–Trinajstić information content (AvgIpc) is 2.70. The summed E-state index contributed by atoms with van der Waals surface area (Å²) in [5, 5.41) is 0. The van der Waals surface area contributed by atoms with E-state index in [0.29, 0.717) is 41.5 Å². The van der Waals surface area contributed by atoms with E-state index in [1.54, 1.807) is 0 Å². The third-order valence-electron chi connectivity index (χ3n) is 6.51. The van der Waals surface area contributed by atoms with Crippen LogP contribution in [-0.2, 0) is 6.42 Å². The van der Waals surface area contributed by atoms with Gasteiger partial charge in [0.25, 0.3) is 0 Å². The molecule has 8 heteroatoms. The van der Waals surface area contributed by atoms with E-state index in [0.717, 1.165) is 25.7 Å². The first-order valence-corrected chi connectivity index (χ1v) is 10.5. The summed E-state index contributed by atoms with van der Waals surface area (Å²) in [5.74, 6) is -6.23. The van der Waals surface area contributed by atoms with Crippen LogP contribution in [0.1, 0.15) is 49.7 Å². The van der Waals surface area contributed by atoms with Gasteiger partial charge < -0.3 is 4.74 Å². The molecule has 32 heavy (non-hydrogen) atoms. The Kier molecular flexibility index (Phi) is 5.98. The first kappa shape index (κ1) is 22.7. The molecule has 0 heterocycles. The zero-order valence-corrected chi connectivity index (χ0v) is 17.2. The summed E-state index contributed by atoms with van der Waals surface area (Å²) < 4.78 is 99.1. The molecule has 0 aliphatic heterocycles. The molecular formula is C24H21F7O. The van der Waals surface area contributed by atoms with Crippen LogP contribution < -0.4 is 4.74 Å². The lowest BCUT2D eigenvalue weighted by Crippen LogP contribution is -2.28. The fourth-order valence-electron chi connectivity index (χ4n) is 5.25. The normalized spacial score (nSPS) is 23.2. The maximum Gasteiger partial charge on any atom is 0.573 e. The highest BCUT2D eigenvalue weighted by Gasteiger charge is 2.38. The number of benzene rings is 2. The number of rotatable bonds is 3. The van der Waals surface area contributed by atoms with Crippen LogP contribution in [0.5, 0.6) is 5.75 Å². The average molecular weight is 458 g/mol. The van der Waals surface area contributed by atoms with E-state index >= 15 is 8.78 Å². The van der Waals surface area contributed by atoms with Gasteiger partial charge in [0.15, 0.2) is 11.6 Å². The lowest BCUT2D eigenvalue weighted by Gasteiger charge is -2.40. The van der Waals surface area contributed by atoms with Crippen molar-refractivity contribution < 1.29 is 35.5 Å². The Hall–Kier alpha value is -2.51. The molecule has 1 saturated carbocycles. The minimum Gasteiger partial charge on any atom is -0.399 e. The Labute approximate surface area is 180 Å². The van der Waals surface area contributed by atoms with E-state index in [4.69, 9.17) is 0 Å². The topological polar surface area (TPSA) is 9.23 Å². The minimum atomic E-state index is -5.31. The maximum absolute atomic E-state index is 15.4. The predicted molar refractivity (Wildman–Crippen MR) is 105 cm³/mol. The molecule has 0 aromatic heterocycles. The molecule has 4 rings (SSSR count). The fourth-order valence-corrected chi connectivity index (χ4v) is 5.25. The molecule has 2 aliphatic carbocycles. The minimum absolute atomic E-state index is 0.00865. The van der Waals surface area contributed by atoms with E-state index in [1.165, 1.54) is 6.07 Å². The zero-order chi connectivity index (χ0) is 23.2. The monoisotopic (exact) mass is 458 g/mol. The molecular weight excluding hydrogens is 437 g/mol. The molecule has 2 aromatic rings. The molecule has 0 amide bonds. The third-order valence-corrected chi connectivity index (χ3v) is 6.51. The predicted octanol–water partition coefficient (Wildman–Crippen LogP) is 7.83. The van der Waals surface area contributed by atoms with Gasteiger partial charge in [-0.05, 0) is 91.7 Å². The van der Waals surface area contributed by atoms with Crippen molar-refractivity contribution in [3.8, 4) is 16.9 Å². The number of fused-ring (bicyclic) bond motifs is 3. The largest absolute Gasteiger partial charge is 0.573 e. The SMILES string of the molecule is C/C=C/[C@@H]1CC[C@@H]2c3cc(F)c(-c4cc(F)c(OC(F)(F)F)c(F)c4)c(F)c3CC[C@@H]2C1. The highest BCUT2D eigenvalue weighted by Crippen LogP contribution is 2.49. The molecule has 0 unspecified atom stereocenters. The van der Waals surface area contributed by atoms with Gasteiger partial charge in [-0.3, -0.25) is 0 Å². The summed E-state index contributed by atoms with van der Waals surface area (Å²) >= 11 is 0. The number of hydrogen-bond acceptors (Lipinski definition) is 1. The van der Waals surface area contributed by atoms with Crippen LogP contribution in [0.2, 0.25) is 0 Å². The molecule has 2 aromatic carbocycles. The Bertz CT molecular complexity index is 1030. The number of halogens is 7. The van der Waals surface area contributed by atoms with Crippen LogP contribution in [-0.4, -0.2) is 6.36 Å². The molecule has 3 atom stereocenters. The lowest BCUT2D eigenvalue weighted by atomic mass is 9.65. The van der Waals surface area contributed by atoms with Crippen LogP contribution in [0.4, 0.5) is 30.7 Å². The van der Waals surface area contributed by atoms with Crippen LogP contribution >= 0.6 is 0 Å². The van der Waals surface area contributed by atoms with Gasteiger partial charge in [0.2, 0.25) is 5.75 Å². The van der Waals surface area contributed by atoms with Crippen molar-refractivity contribution in [3.63, 3.8) is 0 Å². The Morgan fingerprint density at radius 2 is 1.62 bits per heavy atom. The fraction of sp³-hybridized carbons (Fsp3) is 0.417. The van der Waals surface area contributed by atoms with Crippen LogP contribution in [0.15, 0.2) is 30.4 Å². The van der Waals surface area contributed by atoms with Crippen molar-refractivity contribution in [2.24, 2.45) is 11.8 Å². The van der Waals surface area contributed by atoms with Crippen LogP contribution in [0.25, 0.3) is 11.1 Å². The molecule has 2 aliphatic rings. The summed E-state index contributed by atoms with van der Waals surface area (Å²) in [6.45, 7) is 1.96. The maximum atomic E-state index is 15.4. The van der Waals surface area contributed by atoms with Gasteiger partial charge in [0.1, 0.15) is 11.6 Å². The Morgan fingerprint density at radius 3 is 2.25 bits per heavy atom. The van der Waals surface area contributed by atoms with E-state index in [-0.39, 0.29) is 5.92 Å². The first-order valence-electron chi connectivity index (χ1n) is 10.5. The van der Waals surface area contributed by atoms with E-state index in [1.807, 2.05) is 13.0 Å². The zero-order valence-electron chi connectivity index (χ0n) is 17.2. The van der Waals surface area contributed by atoms with Gasteiger partial charge in [0.05, 0.1) is 5.56 Å². The second-order valence-corrected chi connectivity index (χ2v) is 8.44. The van der Waals surface area contributed by atoms with Crippen molar-refractivity contribution in [2.45, 2.75) is 51.3 Å². The molecule has 0 saturated heterocycles. The first-order chi connectivity index (χ1) is 15.1. The number of ether oxygens (including phenoxy) is 1. The van der Waals surface area contributed by atoms with Crippen LogP contribution in [0, 0.1) is 35.1 Å². The van der Waals surface area contributed by atoms with Gasteiger partial charge in [-0.25, -0.2) is 17.6 Å². The van der Waals surface area contributed by atoms with Crippen molar-refractivity contribution in [2.75, 3.05) is 0 Å². The molecule has 0 radical (unpaired) electrons. The van der Waals surface area contributed by atoms with Gasteiger partial charge in [-0.2, -0.15) is 0 Å². The number of hydrogen-bond donors (Lipinski definition) is 0. The summed E-state index contributed by atoms with van der Waals surface area (Å²) in [6, 6.07) is 2.12. The van der Waals surface area contributed by atoms with Gasteiger partial charge >= 0.3 is 6.36 Å². The smallest absolute Gasteiger partial charge is 0.399 e.